The SMILES string of the molecule is COCCCCSc1cc(N)ccc1C. The molecule has 0 saturated heterocycles. The number of nitrogens with two attached hydrogens (primary N) is 1. The van der Waals surface area contributed by atoms with Gasteiger partial charge >= 0.3 is 0 Å². The average molecular weight is 225 g/mol. The molecular weight excluding hydrogens is 206 g/mol. The first-order valence-corrected chi connectivity index (χ1v) is 6.20. The highest BCUT2D eigenvalue weighted by atomic mass is 32.2. The minimum atomic E-state index is 0.847. The van der Waals surface area contributed by atoms with E-state index in [-0.39, 0.29) is 0 Å². The van der Waals surface area contributed by atoms with E-state index in [0.29, 0.717) is 0 Å². The van der Waals surface area contributed by atoms with Crippen LogP contribution in [0.5, 0.6) is 0 Å². The van der Waals surface area contributed by atoms with Gasteiger partial charge in [0, 0.05) is 24.3 Å². The lowest BCUT2D eigenvalue weighted by atomic mass is 10.2. The second-order valence-electron chi connectivity index (χ2n) is 3.57. The van der Waals surface area contributed by atoms with E-state index in [9.17, 15) is 0 Å². The first kappa shape index (κ1) is 12.4. The van der Waals surface area contributed by atoms with Crippen LogP contribution in [-0.2, 0) is 4.74 Å². The molecule has 0 aliphatic heterocycles. The average Bonchev–Trinajstić information content (AvgIpc) is 2.23. The molecule has 1 aromatic rings. The summed E-state index contributed by atoms with van der Waals surface area (Å²) in [7, 11) is 1.75. The number of benzene rings is 1. The molecule has 1 rings (SSSR count). The van der Waals surface area contributed by atoms with Gasteiger partial charge in [-0.25, -0.2) is 0 Å². The van der Waals surface area contributed by atoms with Crippen molar-refractivity contribution in [2.75, 3.05) is 25.2 Å². The van der Waals surface area contributed by atoms with Gasteiger partial charge in [0.1, 0.15) is 0 Å². The van der Waals surface area contributed by atoms with Crippen molar-refractivity contribution in [3.05, 3.63) is 23.8 Å². The standard InChI is InChI=1S/C12H19NOS/c1-10-5-6-11(13)9-12(10)15-8-4-3-7-14-2/h5-6,9H,3-4,7-8,13H2,1-2H3. The fourth-order valence-corrected chi connectivity index (χ4v) is 2.39. The minimum absolute atomic E-state index is 0.847. The number of methoxy groups -OCH3 is 1. The van der Waals surface area contributed by atoms with Crippen molar-refractivity contribution < 1.29 is 4.74 Å². The molecule has 1 aromatic carbocycles. The van der Waals surface area contributed by atoms with E-state index in [4.69, 9.17) is 10.5 Å². The first-order chi connectivity index (χ1) is 7.24. The van der Waals surface area contributed by atoms with Crippen LogP contribution >= 0.6 is 11.8 Å². The summed E-state index contributed by atoms with van der Waals surface area (Å²) in [6.07, 6.45) is 2.32. The number of unbranched alkanes of at least 4 members (excludes halogenated alkanes) is 1. The van der Waals surface area contributed by atoms with Gasteiger partial charge in [0.15, 0.2) is 0 Å². The zero-order valence-corrected chi connectivity index (χ0v) is 10.3. The summed E-state index contributed by atoms with van der Waals surface area (Å²) in [4.78, 5) is 1.30. The predicted molar refractivity (Wildman–Crippen MR) is 67.4 cm³/mol. The van der Waals surface area contributed by atoms with Crippen LogP contribution in [0.3, 0.4) is 0 Å². The van der Waals surface area contributed by atoms with Gasteiger partial charge < -0.3 is 10.5 Å². The third-order valence-corrected chi connectivity index (χ3v) is 3.46. The highest BCUT2D eigenvalue weighted by Gasteiger charge is 1.99. The van der Waals surface area contributed by atoms with Crippen molar-refractivity contribution in [1.29, 1.82) is 0 Å². The van der Waals surface area contributed by atoms with Gasteiger partial charge in [-0.05, 0) is 43.2 Å². The fourth-order valence-electron chi connectivity index (χ4n) is 1.30. The van der Waals surface area contributed by atoms with Crippen molar-refractivity contribution in [2.45, 2.75) is 24.7 Å². The summed E-state index contributed by atoms with van der Waals surface area (Å²) < 4.78 is 5.01. The molecule has 15 heavy (non-hydrogen) atoms. The van der Waals surface area contributed by atoms with Crippen LogP contribution < -0.4 is 5.73 Å². The van der Waals surface area contributed by atoms with Gasteiger partial charge in [0.25, 0.3) is 0 Å². The van der Waals surface area contributed by atoms with Crippen LogP contribution in [0.2, 0.25) is 0 Å². The van der Waals surface area contributed by atoms with Crippen LogP contribution in [0.15, 0.2) is 23.1 Å². The van der Waals surface area contributed by atoms with Crippen LogP contribution in [0.25, 0.3) is 0 Å². The Labute approximate surface area is 96.2 Å². The van der Waals surface area contributed by atoms with Gasteiger partial charge in [-0.3, -0.25) is 0 Å². The Morgan fingerprint density at radius 3 is 2.87 bits per heavy atom. The summed E-state index contributed by atoms with van der Waals surface area (Å²) in [5.74, 6) is 1.13. The Kier molecular flexibility index (Phi) is 5.58. The third-order valence-electron chi connectivity index (χ3n) is 2.21. The topological polar surface area (TPSA) is 35.2 Å². The third kappa shape index (κ3) is 4.58. The Morgan fingerprint density at radius 2 is 2.13 bits per heavy atom. The number of hydrogen-bond donors (Lipinski definition) is 1. The molecule has 0 fully saturated rings. The number of ether oxygens (including phenoxy) is 1. The van der Waals surface area contributed by atoms with Crippen LogP contribution in [-0.4, -0.2) is 19.5 Å². The fraction of sp³-hybridized carbons (Fsp3) is 0.500. The highest BCUT2D eigenvalue weighted by Crippen LogP contribution is 2.25. The molecule has 0 heterocycles. The predicted octanol–water partition coefficient (Wildman–Crippen LogP) is 3.10. The van der Waals surface area contributed by atoms with Crippen LogP contribution in [0.1, 0.15) is 18.4 Å². The Morgan fingerprint density at radius 1 is 1.33 bits per heavy atom. The highest BCUT2D eigenvalue weighted by molar-refractivity contribution is 7.99. The van der Waals surface area contributed by atoms with E-state index in [1.807, 2.05) is 17.8 Å². The normalized spacial score (nSPS) is 10.5. The maximum absolute atomic E-state index is 5.75. The van der Waals surface area contributed by atoms with Gasteiger partial charge in [0.05, 0.1) is 0 Å². The van der Waals surface area contributed by atoms with E-state index < -0.39 is 0 Å². The molecule has 0 amide bonds. The van der Waals surface area contributed by atoms with Crippen LogP contribution in [0.4, 0.5) is 5.69 Å². The van der Waals surface area contributed by atoms with E-state index in [0.717, 1.165) is 24.5 Å². The number of rotatable bonds is 6. The summed E-state index contributed by atoms with van der Waals surface area (Å²) in [6.45, 7) is 2.98. The van der Waals surface area contributed by atoms with E-state index in [2.05, 4.69) is 19.1 Å². The summed E-state index contributed by atoms with van der Waals surface area (Å²) in [5.41, 5.74) is 7.90. The summed E-state index contributed by atoms with van der Waals surface area (Å²) >= 11 is 1.88. The molecule has 0 saturated carbocycles. The number of nitrogen functional groups attached to an aromatic ring is 1. The molecule has 0 aliphatic rings. The Balaban J connectivity index is 2.33. The second-order valence-corrected chi connectivity index (χ2v) is 4.71. The number of anilines is 1. The molecule has 0 spiro atoms. The van der Waals surface area contributed by atoms with Crippen LogP contribution in [0, 0.1) is 6.92 Å². The van der Waals surface area contributed by atoms with E-state index in [1.54, 1.807) is 7.11 Å². The number of aryl methyl sites for hydroxylation is 1. The monoisotopic (exact) mass is 225 g/mol. The van der Waals surface area contributed by atoms with Gasteiger partial charge in [-0.1, -0.05) is 6.07 Å². The van der Waals surface area contributed by atoms with Gasteiger partial charge in [-0.15, -0.1) is 11.8 Å². The minimum Gasteiger partial charge on any atom is -0.399 e. The van der Waals surface area contributed by atoms with Crippen molar-refractivity contribution in [3.63, 3.8) is 0 Å². The first-order valence-electron chi connectivity index (χ1n) is 5.22. The number of hydrogen-bond acceptors (Lipinski definition) is 3. The second kappa shape index (κ2) is 6.75. The maximum Gasteiger partial charge on any atom is 0.0462 e. The zero-order chi connectivity index (χ0) is 11.1. The van der Waals surface area contributed by atoms with E-state index >= 15 is 0 Å². The van der Waals surface area contributed by atoms with E-state index in [1.165, 1.54) is 16.9 Å². The lowest BCUT2D eigenvalue weighted by Gasteiger charge is -2.06. The smallest absolute Gasteiger partial charge is 0.0462 e. The Hall–Kier alpha value is -0.670. The molecule has 84 valence electrons. The lowest BCUT2D eigenvalue weighted by molar-refractivity contribution is 0.194. The van der Waals surface area contributed by atoms with Crippen molar-refractivity contribution in [3.8, 4) is 0 Å². The molecule has 0 radical (unpaired) electrons. The summed E-state index contributed by atoms with van der Waals surface area (Å²) in [5, 5.41) is 0. The quantitative estimate of drug-likeness (QED) is 0.459. The molecule has 0 unspecified atom stereocenters. The van der Waals surface area contributed by atoms with Gasteiger partial charge in [-0.2, -0.15) is 0 Å². The lowest BCUT2D eigenvalue weighted by Crippen LogP contribution is -1.91. The maximum atomic E-state index is 5.75. The van der Waals surface area contributed by atoms with Gasteiger partial charge in [0.2, 0.25) is 0 Å². The zero-order valence-electron chi connectivity index (χ0n) is 9.45. The largest absolute Gasteiger partial charge is 0.399 e. The Bertz CT molecular complexity index is 302. The van der Waals surface area contributed by atoms with Crippen molar-refractivity contribution in [2.24, 2.45) is 0 Å². The van der Waals surface area contributed by atoms with Crippen molar-refractivity contribution in [1.82, 2.24) is 0 Å². The molecule has 0 aliphatic carbocycles. The molecule has 0 atom stereocenters. The number of thioether (sulfide) groups is 1. The molecule has 2 nitrogen and oxygen atoms in total. The molecule has 2 N–H and O–H groups in total. The molecular formula is C12H19NOS. The molecule has 0 bridgehead atoms. The summed E-state index contributed by atoms with van der Waals surface area (Å²) in [6, 6.07) is 6.08. The molecule has 3 heteroatoms. The molecule has 0 aromatic heterocycles. The van der Waals surface area contributed by atoms with Crippen molar-refractivity contribution >= 4 is 17.4 Å².